The summed E-state index contributed by atoms with van der Waals surface area (Å²) in [5.74, 6) is -1.45. The summed E-state index contributed by atoms with van der Waals surface area (Å²) in [6, 6.07) is 10.4. The van der Waals surface area contributed by atoms with E-state index in [9.17, 15) is 9.59 Å². The second kappa shape index (κ2) is 6.94. The maximum atomic E-state index is 12.0. The van der Waals surface area contributed by atoms with E-state index in [1.54, 1.807) is 37.3 Å². The highest BCUT2D eigenvalue weighted by Gasteiger charge is 2.16. The minimum absolute atomic E-state index is 0.553. The quantitative estimate of drug-likeness (QED) is 0.762. The lowest BCUT2D eigenvalue weighted by molar-refractivity contribution is -0.133. The van der Waals surface area contributed by atoms with Crippen LogP contribution in [-0.4, -0.2) is 11.8 Å². The minimum Gasteiger partial charge on any atom is -0.318 e. The van der Waals surface area contributed by atoms with Crippen molar-refractivity contribution in [2.75, 3.05) is 10.6 Å². The number of carbonyl (C=O) groups excluding carboxylic acids is 2. The van der Waals surface area contributed by atoms with Crippen molar-refractivity contribution in [1.29, 1.82) is 0 Å². The summed E-state index contributed by atoms with van der Waals surface area (Å²) in [5, 5.41) is 5.73. The van der Waals surface area contributed by atoms with Crippen molar-refractivity contribution < 1.29 is 9.59 Å². The Hall–Kier alpha value is -1.85. The predicted molar refractivity (Wildman–Crippen MR) is 92.3 cm³/mol. The van der Waals surface area contributed by atoms with Gasteiger partial charge >= 0.3 is 11.8 Å². The Morgan fingerprint density at radius 2 is 1.41 bits per heavy atom. The number of benzene rings is 2. The Balaban J connectivity index is 2.07. The maximum Gasteiger partial charge on any atom is 0.314 e. The molecule has 2 aromatic carbocycles. The molecule has 0 atom stereocenters. The molecule has 6 heteroatoms. The van der Waals surface area contributed by atoms with Gasteiger partial charge in [0.05, 0.1) is 0 Å². The normalized spacial score (nSPS) is 10.2. The van der Waals surface area contributed by atoms with E-state index < -0.39 is 11.8 Å². The predicted octanol–water partition coefficient (Wildman–Crippen LogP) is 4.30. The van der Waals surface area contributed by atoms with Gasteiger partial charge in [0.1, 0.15) is 0 Å². The molecule has 0 aliphatic rings. The third-order valence-electron chi connectivity index (χ3n) is 3.08. The van der Waals surface area contributed by atoms with E-state index in [-0.39, 0.29) is 0 Å². The van der Waals surface area contributed by atoms with Gasteiger partial charge in [-0.1, -0.05) is 27.5 Å². The Labute approximate surface area is 142 Å². The fourth-order valence-corrected chi connectivity index (χ4v) is 2.60. The Bertz CT molecular complexity index is 683. The lowest BCUT2D eigenvalue weighted by Crippen LogP contribution is -2.29. The molecule has 0 saturated heterocycles. The van der Waals surface area contributed by atoms with Gasteiger partial charge in [-0.05, 0) is 61.4 Å². The van der Waals surface area contributed by atoms with Crippen LogP contribution in [0.1, 0.15) is 11.1 Å². The van der Waals surface area contributed by atoms with Crippen LogP contribution >= 0.6 is 27.5 Å². The van der Waals surface area contributed by atoms with Gasteiger partial charge in [0.2, 0.25) is 0 Å². The SMILES string of the molecule is Cc1cc(Cl)ccc1NC(=O)C(=O)Nc1ccc(Br)cc1C. The third kappa shape index (κ3) is 4.08. The molecular weight excluding hydrogens is 368 g/mol. The van der Waals surface area contributed by atoms with Gasteiger partial charge in [-0.15, -0.1) is 0 Å². The number of hydrogen-bond donors (Lipinski definition) is 2. The minimum atomic E-state index is -0.729. The van der Waals surface area contributed by atoms with E-state index in [2.05, 4.69) is 26.6 Å². The maximum absolute atomic E-state index is 12.0. The van der Waals surface area contributed by atoms with E-state index in [0.29, 0.717) is 16.4 Å². The van der Waals surface area contributed by atoms with Crippen molar-refractivity contribution in [3.8, 4) is 0 Å². The van der Waals surface area contributed by atoms with Crippen molar-refractivity contribution in [3.63, 3.8) is 0 Å². The zero-order valence-corrected chi connectivity index (χ0v) is 14.4. The van der Waals surface area contributed by atoms with Gasteiger partial charge in [-0.2, -0.15) is 0 Å². The number of halogens is 2. The van der Waals surface area contributed by atoms with Gasteiger partial charge < -0.3 is 10.6 Å². The van der Waals surface area contributed by atoms with Crippen molar-refractivity contribution in [1.82, 2.24) is 0 Å². The van der Waals surface area contributed by atoms with E-state index >= 15 is 0 Å². The summed E-state index contributed by atoms with van der Waals surface area (Å²) >= 11 is 9.20. The first kappa shape index (κ1) is 16.5. The van der Waals surface area contributed by atoms with Crippen LogP contribution in [0.2, 0.25) is 5.02 Å². The third-order valence-corrected chi connectivity index (χ3v) is 3.81. The second-order valence-corrected chi connectivity index (χ2v) is 6.18. The topological polar surface area (TPSA) is 58.2 Å². The number of aryl methyl sites for hydroxylation is 2. The van der Waals surface area contributed by atoms with Gasteiger partial charge in [-0.25, -0.2) is 0 Å². The molecule has 0 saturated carbocycles. The summed E-state index contributed by atoms with van der Waals surface area (Å²) in [5.41, 5.74) is 2.79. The molecule has 0 fully saturated rings. The van der Waals surface area contributed by atoms with E-state index in [0.717, 1.165) is 15.6 Å². The van der Waals surface area contributed by atoms with Crippen LogP contribution in [0.5, 0.6) is 0 Å². The zero-order chi connectivity index (χ0) is 16.3. The number of carbonyl (C=O) groups is 2. The average Bonchev–Trinajstić information content (AvgIpc) is 2.44. The average molecular weight is 382 g/mol. The Kier molecular flexibility index (Phi) is 5.21. The zero-order valence-electron chi connectivity index (χ0n) is 12.0. The number of anilines is 2. The lowest BCUT2D eigenvalue weighted by Gasteiger charge is -2.10. The van der Waals surface area contributed by atoms with Gasteiger partial charge in [0, 0.05) is 20.9 Å². The van der Waals surface area contributed by atoms with Crippen LogP contribution in [0.3, 0.4) is 0 Å². The van der Waals surface area contributed by atoms with Crippen LogP contribution in [0.4, 0.5) is 11.4 Å². The molecule has 0 aromatic heterocycles. The molecule has 4 nitrogen and oxygen atoms in total. The number of rotatable bonds is 2. The molecule has 0 spiro atoms. The molecule has 2 rings (SSSR count). The fourth-order valence-electron chi connectivity index (χ4n) is 1.89. The Morgan fingerprint density at radius 3 is 1.91 bits per heavy atom. The van der Waals surface area contributed by atoms with Crippen molar-refractivity contribution in [2.24, 2.45) is 0 Å². The largest absolute Gasteiger partial charge is 0.318 e. The lowest BCUT2D eigenvalue weighted by atomic mass is 10.2. The van der Waals surface area contributed by atoms with Gasteiger partial charge in [-0.3, -0.25) is 9.59 Å². The van der Waals surface area contributed by atoms with Crippen LogP contribution in [-0.2, 0) is 9.59 Å². The highest BCUT2D eigenvalue weighted by molar-refractivity contribution is 9.10. The smallest absolute Gasteiger partial charge is 0.314 e. The molecular formula is C16H14BrClN2O2. The highest BCUT2D eigenvalue weighted by atomic mass is 79.9. The summed E-state index contributed by atoms with van der Waals surface area (Å²) in [6.07, 6.45) is 0. The van der Waals surface area contributed by atoms with Gasteiger partial charge in [0.15, 0.2) is 0 Å². The molecule has 0 unspecified atom stereocenters. The Morgan fingerprint density at radius 1 is 0.909 bits per heavy atom. The molecule has 0 aliphatic carbocycles. The highest BCUT2D eigenvalue weighted by Crippen LogP contribution is 2.21. The summed E-state index contributed by atoms with van der Waals surface area (Å²) < 4.78 is 0.907. The van der Waals surface area contributed by atoms with Crippen LogP contribution < -0.4 is 10.6 Å². The first-order chi connectivity index (χ1) is 10.4. The monoisotopic (exact) mass is 380 g/mol. The summed E-state index contributed by atoms with van der Waals surface area (Å²) in [6.45, 7) is 3.65. The van der Waals surface area contributed by atoms with Crippen LogP contribution in [0.25, 0.3) is 0 Å². The first-order valence-electron chi connectivity index (χ1n) is 6.51. The van der Waals surface area contributed by atoms with Crippen molar-refractivity contribution >= 4 is 50.7 Å². The van der Waals surface area contributed by atoms with E-state index in [1.165, 1.54) is 0 Å². The first-order valence-corrected chi connectivity index (χ1v) is 7.68. The molecule has 2 aromatic rings. The molecule has 0 bridgehead atoms. The summed E-state index contributed by atoms with van der Waals surface area (Å²) in [7, 11) is 0. The molecule has 2 amide bonds. The standard InChI is InChI=1S/C16H14BrClN2O2/c1-9-7-11(17)3-5-13(9)19-15(21)16(22)20-14-6-4-12(18)8-10(14)2/h3-8H,1-2H3,(H,19,21)(H,20,22). The molecule has 0 aliphatic heterocycles. The number of nitrogens with one attached hydrogen (secondary N) is 2. The molecule has 2 N–H and O–H groups in total. The molecule has 0 radical (unpaired) electrons. The van der Waals surface area contributed by atoms with Crippen LogP contribution in [0, 0.1) is 13.8 Å². The molecule has 22 heavy (non-hydrogen) atoms. The number of hydrogen-bond acceptors (Lipinski definition) is 2. The van der Waals surface area contributed by atoms with Crippen molar-refractivity contribution in [3.05, 3.63) is 57.0 Å². The van der Waals surface area contributed by atoms with Crippen LogP contribution in [0.15, 0.2) is 40.9 Å². The summed E-state index contributed by atoms with van der Waals surface area (Å²) in [4.78, 5) is 23.9. The molecule has 114 valence electrons. The number of amides is 2. The fraction of sp³-hybridized carbons (Fsp3) is 0.125. The second-order valence-electron chi connectivity index (χ2n) is 4.83. The van der Waals surface area contributed by atoms with E-state index in [1.807, 2.05) is 13.0 Å². The molecule has 0 heterocycles. The van der Waals surface area contributed by atoms with E-state index in [4.69, 9.17) is 11.6 Å². The van der Waals surface area contributed by atoms with Gasteiger partial charge in [0.25, 0.3) is 0 Å². The van der Waals surface area contributed by atoms with Crippen molar-refractivity contribution in [2.45, 2.75) is 13.8 Å².